The van der Waals surface area contributed by atoms with Gasteiger partial charge in [0.25, 0.3) is 5.91 Å². The zero-order chi connectivity index (χ0) is 27.8. The second-order valence-electron chi connectivity index (χ2n) is 11.4. The van der Waals surface area contributed by atoms with Crippen molar-refractivity contribution in [3.63, 3.8) is 0 Å². The van der Waals surface area contributed by atoms with Gasteiger partial charge in [0.2, 0.25) is 0 Å². The molecule has 4 aromatic carbocycles. The Bertz CT molecular complexity index is 1560. The topological polar surface area (TPSA) is 82.7 Å². The standard InChI is InChI=1S/C34H32N4O3/c39-32(24-15-13-23(14-16-24)17-38-21-34(22-38)19-35-20-34)36-30-11-5-6-12-31(30)37-33(40)41-18-29-27-9-3-1-7-25(27)26-8-2-4-10-28(26)29/h1-16,29,35H,17-22H2,(H,36,39)(H,37,40). The number of anilines is 2. The fourth-order valence-electron chi connectivity index (χ4n) is 6.38. The molecule has 7 rings (SSSR count). The van der Waals surface area contributed by atoms with Crippen molar-refractivity contribution in [1.82, 2.24) is 10.2 Å². The molecule has 1 aliphatic carbocycles. The Labute approximate surface area is 239 Å². The molecule has 3 aliphatic rings. The van der Waals surface area contributed by atoms with Crippen LogP contribution in [0.15, 0.2) is 97.1 Å². The van der Waals surface area contributed by atoms with Gasteiger partial charge in [-0.25, -0.2) is 4.79 Å². The zero-order valence-corrected chi connectivity index (χ0v) is 22.7. The predicted octanol–water partition coefficient (Wildman–Crippen LogP) is 5.71. The third-order valence-electron chi connectivity index (χ3n) is 8.50. The van der Waals surface area contributed by atoms with E-state index in [1.54, 1.807) is 12.1 Å². The molecule has 7 nitrogen and oxygen atoms in total. The van der Waals surface area contributed by atoms with Crippen LogP contribution in [0.5, 0.6) is 0 Å². The zero-order valence-electron chi connectivity index (χ0n) is 22.7. The highest BCUT2D eigenvalue weighted by Crippen LogP contribution is 2.44. The van der Waals surface area contributed by atoms with Crippen LogP contribution in [0.1, 0.15) is 33.0 Å². The molecule has 2 heterocycles. The number of hydrogen-bond donors (Lipinski definition) is 3. The summed E-state index contributed by atoms with van der Waals surface area (Å²) in [5.74, 6) is -0.259. The number of amides is 2. The molecule has 4 aromatic rings. The molecule has 0 radical (unpaired) electrons. The monoisotopic (exact) mass is 544 g/mol. The van der Waals surface area contributed by atoms with Crippen molar-refractivity contribution >= 4 is 23.4 Å². The minimum atomic E-state index is -0.566. The van der Waals surface area contributed by atoms with Crippen LogP contribution in [0.4, 0.5) is 16.2 Å². The highest BCUT2D eigenvalue weighted by Gasteiger charge is 2.47. The Morgan fingerprint density at radius 2 is 1.37 bits per heavy atom. The van der Waals surface area contributed by atoms with E-state index in [-0.39, 0.29) is 18.4 Å². The average molecular weight is 545 g/mol. The number of ether oxygens (including phenoxy) is 1. The first-order valence-corrected chi connectivity index (χ1v) is 14.1. The van der Waals surface area contributed by atoms with E-state index in [0.29, 0.717) is 22.4 Å². The number of benzene rings is 4. The quantitative estimate of drug-likeness (QED) is 0.278. The number of nitrogens with zero attached hydrogens (tertiary/aromatic N) is 1. The fourth-order valence-corrected chi connectivity index (χ4v) is 6.38. The van der Waals surface area contributed by atoms with Gasteiger partial charge in [0.05, 0.1) is 11.4 Å². The summed E-state index contributed by atoms with van der Waals surface area (Å²) in [6, 6.07) is 31.3. The summed E-state index contributed by atoms with van der Waals surface area (Å²) in [7, 11) is 0. The first kappa shape index (κ1) is 25.5. The molecule has 2 fully saturated rings. The van der Waals surface area contributed by atoms with E-state index in [9.17, 15) is 9.59 Å². The molecule has 2 amide bonds. The van der Waals surface area contributed by atoms with E-state index >= 15 is 0 Å². The van der Waals surface area contributed by atoms with E-state index in [2.05, 4.69) is 45.1 Å². The van der Waals surface area contributed by atoms with Gasteiger partial charge in [0.15, 0.2) is 0 Å². The van der Waals surface area contributed by atoms with Gasteiger partial charge in [-0.3, -0.25) is 15.0 Å². The van der Waals surface area contributed by atoms with E-state index in [4.69, 9.17) is 4.74 Å². The minimum Gasteiger partial charge on any atom is -0.448 e. The van der Waals surface area contributed by atoms with Gasteiger partial charge in [-0.15, -0.1) is 0 Å². The maximum atomic E-state index is 13.0. The lowest BCUT2D eigenvalue weighted by Crippen LogP contribution is -2.70. The number of hydrogen-bond acceptors (Lipinski definition) is 5. The van der Waals surface area contributed by atoms with Crippen molar-refractivity contribution in [1.29, 1.82) is 0 Å². The number of nitrogens with one attached hydrogen (secondary N) is 3. The molecular weight excluding hydrogens is 512 g/mol. The summed E-state index contributed by atoms with van der Waals surface area (Å²) in [6.07, 6.45) is -0.566. The largest absolute Gasteiger partial charge is 0.448 e. The maximum Gasteiger partial charge on any atom is 0.411 e. The van der Waals surface area contributed by atoms with Crippen LogP contribution in [0.2, 0.25) is 0 Å². The van der Waals surface area contributed by atoms with Crippen molar-refractivity contribution in [2.24, 2.45) is 5.41 Å². The van der Waals surface area contributed by atoms with E-state index in [1.807, 2.05) is 60.7 Å². The lowest BCUT2D eigenvalue weighted by molar-refractivity contribution is -0.0444. The number of likely N-dealkylation sites (tertiary alicyclic amines) is 1. The Kier molecular flexibility index (Phi) is 6.53. The maximum absolute atomic E-state index is 13.0. The van der Waals surface area contributed by atoms with Crippen LogP contribution in [0, 0.1) is 5.41 Å². The van der Waals surface area contributed by atoms with Gasteiger partial charge in [-0.2, -0.15) is 0 Å². The average Bonchev–Trinajstić information content (AvgIpc) is 3.27. The van der Waals surface area contributed by atoms with Crippen LogP contribution in [0.25, 0.3) is 11.1 Å². The third-order valence-corrected chi connectivity index (χ3v) is 8.50. The van der Waals surface area contributed by atoms with Crippen LogP contribution in [0.3, 0.4) is 0 Å². The lowest BCUT2D eigenvalue weighted by atomic mass is 9.74. The summed E-state index contributed by atoms with van der Waals surface area (Å²) in [5.41, 5.74) is 7.92. The van der Waals surface area contributed by atoms with Gasteiger partial charge in [-0.05, 0) is 52.1 Å². The molecule has 3 N–H and O–H groups in total. The Morgan fingerprint density at radius 1 is 0.780 bits per heavy atom. The summed E-state index contributed by atoms with van der Waals surface area (Å²) in [6.45, 7) is 5.64. The normalized spacial score (nSPS) is 16.7. The number of carbonyl (C=O) groups excluding carboxylic acids is 2. The first-order chi connectivity index (χ1) is 20.1. The van der Waals surface area contributed by atoms with E-state index in [1.165, 1.54) is 16.7 Å². The third kappa shape index (κ3) is 4.99. The molecule has 0 atom stereocenters. The Balaban J connectivity index is 0.963. The van der Waals surface area contributed by atoms with Gasteiger partial charge in [0.1, 0.15) is 6.61 Å². The molecule has 206 valence electrons. The Morgan fingerprint density at radius 3 is 1.98 bits per heavy atom. The van der Waals surface area contributed by atoms with E-state index in [0.717, 1.165) is 43.9 Å². The van der Waals surface area contributed by atoms with Crippen molar-refractivity contribution in [2.75, 3.05) is 43.4 Å². The van der Waals surface area contributed by atoms with Gasteiger partial charge < -0.3 is 15.4 Å². The molecule has 41 heavy (non-hydrogen) atoms. The summed E-state index contributed by atoms with van der Waals surface area (Å²) >= 11 is 0. The lowest BCUT2D eigenvalue weighted by Gasteiger charge is -2.56. The predicted molar refractivity (Wildman–Crippen MR) is 160 cm³/mol. The van der Waals surface area contributed by atoms with Gasteiger partial charge >= 0.3 is 6.09 Å². The SMILES string of the molecule is O=C(Nc1ccccc1NC(=O)c1ccc(CN2CC3(CNC3)C2)cc1)OCC1c2ccccc2-c2ccccc21. The van der Waals surface area contributed by atoms with E-state index < -0.39 is 6.09 Å². The van der Waals surface area contributed by atoms with Crippen molar-refractivity contribution in [2.45, 2.75) is 12.5 Å². The van der Waals surface area contributed by atoms with Crippen molar-refractivity contribution < 1.29 is 14.3 Å². The summed E-state index contributed by atoms with van der Waals surface area (Å²) in [5, 5.41) is 9.12. The highest BCUT2D eigenvalue weighted by atomic mass is 16.5. The molecule has 0 aromatic heterocycles. The summed E-state index contributed by atoms with van der Waals surface area (Å²) < 4.78 is 5.70. The second-order valence-corrected chi connectivity index (χ2v) is 11.4. The van der Waals surface area contributed by atoms with Crippen LogP contribution in [-0.2, 0) is 11.3 Å². The number of fused-ring (bicyclic) bond motifs is 3. The van der Waals surface area contributed by atoms with Crippen LogP contribution in [-0.4, -0.2) is 49.7 Å². The number of para-hydroxylation sites is 2. The highest BCUT2D eigenvalue weighted by molar-refractivity contribution is 6.06. The van der Waals surface area contributed by atoms with Crippen molar-refractivity contribution in [3.8, 4) is 11.1 Å². The molecule has 7 heteroatoms. The van der Waals surface area contributed by atoms with Crippen molar-refractivity contribution in [3.05, 3.63) is 119 Å². The fraction of sp³-hybridized carbons (Fsp3) is 0.235. The molecule has 0 unspecified atom stereocenters. The molecule has 0 bridgehead atoms. The summed E-state index contributed by atoms with van der Waals surface area (Å²) in [4.78, 5) is 28.4. The first-order valence-electron chi connectivity index (χ1n) is 14.1. The van der Waals surface area contributed by atoms with Crippen LogP contribution >= 0.6 is 0 Å². The Hall–Kier alpha value is -4.46. The number of carbonyl (C=O) groups is 2. The smallest absolute Gasteiger partial charge is 0.411 e. The second kappa shape index (κ2) is 10.5. The molecule has 1 spiro atoms. The molecule has 2 aliphatic heterocycles. The molecule has 2 saturated heterocycles. The van der Waals surface area contributed by atoms with Crippen LogP contribution < -0.4 is 16.0 Å². The number of rotatable bonds is 7. The van der Waals surface area contributed by atoms with Gasteiger partial charge in [0, 0.05) is 49.6 Å². The minimum absolute atomic E-state index is 0.0245. The van der Waals surface area contributed by atoms with Gasteiger partial charge in [-0.1, -0.05) is 72.8 Å². The molecular formula is C34H32N4O3. The molecule has 0 saturated carbocycles.